The number of thioether (sulfide) groups is 1. The molecule has 0 unspecified atom stereocenters. The van der Waals surface area contributed by atoms with Crippen molar-refractivity contribution in [1.29, 1.82) is 0 Å². The van der Waals surface area contributed by atoms with Crippen LogP contribution in [-0.4, -0.2) is 44.1 Å². The predicted octanol–water partition coefficient (Wildman–Crippen LogP) is 3.16. The molecule has 2 aliphatic heterocycles. The molecule has 8 atom stereocenters. The Labute approximate surface area is 202 Å². The molecular formula is C24H23FN2O5S2. The van der Waals surface area contributed by atoms with Crippen molar-refractivity contribution in [2.75, 3.05) is 0 Å². The maximum absolute atomic E-state index is 13.7. The van der Waals surface area contributed by atoms with Gasteiger partial charge in [0.15, 0.2) is 0 Å². The van der Waals surface area contributed by atoms with Crippen LogP contribution in [0.25, 0.3) is 0 Å². The van der Waals surface area contributed by atoms with Gasteiger partial charge in [-0.25, -0.2) is 9.18 Å². The summed E-state index contributed by atoms with van der Waals surface area (Å²) in [6.45, 7) is 3.41. The molecule has 1 aromatic heterocycles. The number of amides is 2. The largest absolute Gasteiger partial charge is 0.480 e. The second-order valence-electron chi connectivity index (χ2n) is 10.1. The van der Waals surface area contributed by atoms with Gasteiger partial charge in [0.05, 0.1) is 16.9 Å². The van der Waals surface area contributed by atoms with Crippen LogP contribution >= 0.6 is 23.1 Å². The SMILES string of the molecule is CC(C)[C@H](C(=O)O)N1C(=O)[C@@H]2[C@H]3C[C@@H]([C@@H]2C1=O)[C@@H]1[C@H](c2ccc(F)cc2)c2sc(=O)[nH]c2S[C@@H]31. The molecule has 7 nitrogen and oxygen atoms in total. The van der Waals surface area contributed by atoms with Gasteiger partial charge in [-0.15, -0.1) is 11.8 Å². The first-order valence-corrected chi connectivity index (χ1v) is 13.1. The topological polar surface area (TPSA) is 108 Å². The van der Waals surface area contributed by atoms with Crippen molar-refractivity contribution in [2.45, 2.75) is 42.5 Å². The third-order valence-corrected chi connectivity index (χ3v) is 10.7. The van der Waals surface area contributed by atoms with Crippen molar-refractivity contribution in [1.82, 2.24) is 9.88 Å². The number of carboxylic acids is 1. The summed E-state index contributed by atoms with van der Waals surface area (Å²) in [5, 5.41) is 10.6. The first-order chi connectivity index (χ1) is 16.2. The van der Waals surface area contributed by atoms with Gasteiger partial charge in [0.2, 0.25) is 11.8 Å². The molecule has 10 heteroatoms. The fourth-order valence-electron chi connectivity index (χ4n) is 7.05. The molecule has 2 bridgehead atoms. The molecule has 178 valence electrons. The fourth-order valence-corrected chi connectivity index (χ4v) is 9.94. The van der Waals surface area contributed by atoms with Gasteiger partial charge in [0.1, 0.15) is 11.9 Å². The number of aromatic nitrogens is 1. The summed E-state index contributed by atoms with van der Waals surface area (Å²) in [5.41, 5.74) is 0.886. The van der Waals surface area contributed by atoms with E-state index in [2.05, 4.69) is 4.98 Å². The number of carbonyl (C=O) groups is 3. The fraction of sp³-hybridized carbons (Fsp3) is 0.500. The Hall–Kier alpha value is -2.46. The van der Waals surface area contributed by atoms with E-state index in [1.807, 2.05) is 0 Å². The number of nitrogens with zero attached hydrogens (tertiary/aromatic N) is 1. The predicted molar refractivity (Wildman–Crippen MR) is 123 cm³/mol. The van der Waals surface area contributed by atoms with Gasteiger partial charge in [-0.3, -0.25) is 19.3 Å². The van der Waals surface area contributed by atoms with Crippen molar-refractivity contribution < 1.29 is 23.9 Å². The van der Waals surface area contributed by atoms with Crippen LogP contribution in [0.5, 0.6) is 0 Å². The summed E-state index contributed by atoms with van der Waals surface area (Å²) in [6.07, 6.45) is 0.721. The summed E-state index contributed by atoms with van der Waals surface area (Å²) in [6, 6.07) is 5.10. The van der Waals surface area contributed by atoms with E-state index in [-0.39, 0.29) is 51.4 Å². The summed E-state index contributed by atoms with van der Waals surface area (Å²) >= 11 is 2.72. The third-order valence-electron chi connectivity index (χ3n) is 8.15. The van der Waals surface area contributed by atoms with E-state index in [0.717, 1.165) is 38.1 Å². The highest BCUT2D eigenvalue weighted by Gasteiger charge is 2.70. The van der Waals surface area contributed by atoms with E-state index in [4.69, 9.17) is 0 Å². The van der Waals surface area contributed by atoms with Gasteiger partial charge in [-0.1, -0.05) is 37.3 Å². The van der Waals surface area contributed by atoms with Crippen molar-refractivity contribution in [3.63, 3.8) is 0 Å². The monoisotopic (exact) mass is 502 g/mol. The molecule has 34 heavy (non-hydrogen) atoms. The van der Waals surface area contributed by atoms with Crippen LogP contribution in [0.2, 0.25) is 0 Å². The maximum Gasteiger partial charge on any atom is 0.327 e. The lowest BCUT2D eigenvalue weighted by Crippen LogP contribution is -2.49. The Bertz CT molecular complexity index is 1270. The molecule has 4 aliphatic rings. The molecule has 0 spiro atoms. The highest BCUT2D eigenvalue weighted by molar-refractivity contribution is 8.00. The number of aromatic amines is 1. The van der Waals surface area contributed by atoms with Crippen LogP contribution < -0.4 is 4.87 Å². The molecule has 3 heterocycles. The average Bonchev–Trinajstić information content (AvgIpc) is 3.49. The number of hydrogen-bond acceptors (Lipinski definition) is 6. The summed E-state index contributed by atoms with van der Waals surface area (Å²) in [4.78, 5) is 56.0. The highest BCUT2D eigenvalue weighted by Crippen LogP contribution is 2.68. The van der Waals surface area contributed by atoms with E-state index in [0.29, 0.717) is 0 Å². The van der Waals surface area contributed by atoms with Crippen molar-refractivity contribution in [3.05, 3.63) is 50.2 Å². The molecule has 2 aliphatic carbocycles. The zero-order valence-corrected chi connectivity index (χ0v) is 20.1. The van der Waals surface area contributed by atoms with Gasteiger partial charge in [-0.2, -0.15) is 0 Å². The number of benzene rings is 1. The van der Waals surface area contributed by atoms with Crippen LogP contribution in [0.1, 0.15) is 36.6 Å². The van der Waals surface area contributed by atoms with Crippen molar-refractivity contribution in [2.24, 2.45) is 35.5 Å². The lowest BCUT2D eigenvalue weighted by molar-refractivity contribution is -0.157. The van der Waals surface area contributed by atoms with Crippen molar-refractivity contribution in [3.8, 4) is 0 Å². The van der Waals surface area contributed by atoms with Crippen LogP contribution in [0, 0.1) is 41.3 Å². The Morgan fingerprint density at radius 3 is 2.38 bits per heavy atom. The standard InChI is InChI=1S/C24H23FN2O5S2/c1-8(2)17(23(30)31)27-21(28)15-11-7-12(16(15)22(27)29)18-14(11)13(9-3-5-10(25)6-4-9)19-20(33-18)26-24(32)34-19/h3-6,8,11-18H,7H2,1-2H3,(H,26,32)(H,30,31)/t11-,12-,13+,14-,15+,16-,17-,18+/m1/s1. The number of fused-ring (bicyclic) bond motifs is 9. The molecule has 2 N–H and O–H groups in total. The average molecular weight is 503 g/mol. The number of halogens is 1. The molecule has 2 saturated carbocycles. The minimum Gasteiger partial charge on any atom is -0.480 e. The maximum atomic E-state index is 13.7. The second-order valence-corrected chi connectivity index (χ2v) is 12.3. The third kappa shape index (κ3) is 2.87. The number of hydrogen-bond donors (Lipinski definition) is 2. The number of H-pyrrole nitrogens is 1. The van der Waals surface area contributed by atoms with Gasteiger partial charge in [-0.05, 0) is 47.8 Å². The number of imide groups is 1. The van der Waals surface area contributed by atoms with E-state index in [1.54, 1.807) is 37.7 Å². The molecule has 0 radical (unpaired) electrons. The second kappa shape index (κ2) is 7.52. The zero-order chi connectivity index (χ0) is 24.0. The number of likely N-dealkylation sites (tertiary alicyclic amines) is 1. The van der Waals surface area contributed by atoms with Gasteiger partial charge in [0, 0.05) is 16.0 Å². The van der Waals surface area contributed by atoms with E-state index in [9.17, 15) is 28.7 Å². The number of carbonyl (C=O) groups excluding carboxylic acids is 2. The zero-order valence-electron chi connectivity index (χ0n) is 18.4. The molecule has 3 fully saturated rings. The molecule has 6 rings (SSSR count). The van der Waals surface area contributed by atoms with Crippen LogP contribution in [-0.2, 0) is 14.4 Å². The molecular weight excluding hydrogens is 479 g/mol. The van der Waals surface area contributed by atoms with Gasteiger partial charge < -0.3 is 10.1 Å². The molecule has 1 aromatic carbocycles. The number of carboxylic acid groups (broad SMARTS) is 1. The van der Waals surface area contributed by atoms with E-state index < -0.39 is 29.8 Å². The Morgan fingerprint density at radius 1 is 1.12 bits per heavy atom. The Balaban J connectivity index is 1.44. The van der Waals surface area contributed by atoms with Crippen LogP contribution in [0.4, 0.5) is 4.39 Å². The number of aliphatic carboxylic acids is 1. The summed E-state index contributed by atoms with van der Waals surface area (Å²) < 4.78 is 13.7. The van der Waals surface area contributed by atoms with E-state index in [1.165, 1.54) is 12.1 Å². The Morgan fingerprint density at radius 2 is 1.76 bits per heavy atom. The number of thiazole rings is 1. The lowest BCUT2D eigenvalue weighted by Gasteiger charge is -2.43. The number of rotatable bonds is 4. The van der Waals surface area contributed by atoms with E-state index >= 15 is 0 Å². The first kappa shape index (κ1) is 22.0. The lowest BCUT2D eigenvalue weighted by atomic mass is 9.68. The van der Waals surface area contributed by atoms with Gasteiger partial charge in [0.25, 0.3) is 0 Å². The summed E-state index contributed by atoms with van der Waals surface area (Å²) in [5.74, 6) is -4.08. The Kier molecular flexibility index (Phi) is 4.87. The normalized spacial score (nSPS) is 34.4. The molecule has 1 saturated heterocycles. The van der Waals surface area contributed by atoms with Gasteiger partial charge >= 0.3 is 10.8 Å². The molecule has 2 amide bonds. The smallest absolute Gasteiger partial charge is 0.327 e. The van der Waals surface area contributed by atoms with Crippen LogP contribution in [0.3, 0.4) is 0 Å². The van der Waals surface area contributed by atoms with Crippen LogP contribution in [0.15, 0.2) is 34.1 Å². The minimum absolute atomic E-state index is 0.000288. The number of nitrogens with one attached hydrogen (secondary N) is 1. The highest BCUT2D eigenvalue weighted by atomic mass is 32.2. The first-order valence-electron chi connectivity index (χ1n) is 11.4. The quantitative estimate of drug-likeness (QED) is 0.622. The van der Waals surface area contributed by atoms with Crippen molar-refractivity contribution >= 4 is 40.9 Å². The summed E-state index contributed by atoms with van der Waals surface area (Å²) in [7, 11) is 0. The minimum atomic E-state index is -1.18. The molecule has 2 aromatic rings.